The standard InChI is InChI=1S/C24H32N6O2/c1-14(2)29-22(25)20(23(26)32)21(28-29)17-9-7-16(8-10-17)12-19(31)13-18-11-15(3)30(27-18)24(4,5)6/h7-11,14H,12-13,25H2,1-6H3,(H2,26,32). The summed E-state index contributed by atoms with van der Waals surface area (Å²) in [5.74, 6) is -0.275. The zero-order valence-electron chi connectivity index (χ0n) is 19.6. The van der Waals surface area contributed by atoms with E-state index in [1.54, 1.807) is 4.68 Å². The number of rotatable bonds is 7. The molecule has 2 aromatic heterocycles. The van der Waals surface area contributed by atoms with Crippen LogP contribution in [0.2, 0.25) is 0 Å². The van der Waals surface area contributed by atoms with Crippen LogP contribution in [0.1, 0.15) is 68.0 Å². The second kappa shape index (κ2) is 8.61. The van der Waals surface area contributed by atoms with Crippen molar-refractivity contribution in [3.63, 3.8) is 0 Å². The van der Waals surface area contributed by atoms with E-state index in [1.165, 1.54) is 0 Å². The molecule has 170 valence electrons. The number of nitrogens with zero attached hydrogens (tertiary/aromatic N) is 4. The van der Waals surface area contributed by atoms with Crippen LogP contribution in [0.5, 0.6) is 0 Å². The third-order valence-corrected chi connectivity index (χ3v) is 5.26. The second-order valence-electron chi connectivity index (χ2n) is 9.46. The van der Waals surface area contributed by atoms with Crippen molar-refractivity contribution in [1.82, 2.24) is 19.6 Å². The first-order valence-electron chi connectivity index (χ1n) is 10.7. The highest BCUT2D eigenvalue weighted by Gasteiger charge is 2.23. The molecule has 0 saturated heterocycles. The predicted molar refractivity (Wildman–Crippen MR) is 125 cm³/mol. The lowest BCUT2D eigenvalue weighted by Crippen LogP contribution is -2.24. The van der Waals surface area contributed by atoms with Crippen molar-refractivity contribution in [3.8, 4) is 11.3 Å². The van der Waals surface area contributed by atoms with Crippen LogP contribution in [0, 0.1) is 6.92 Å². The van der Waals surface area contributed by atoms with Gasteiger partial charge in [-0.1, -0.05) is 24.3 Å². The Morgan fingerprint density at radius 2 is 1.69 bits per heavy atom. The number of aromatic nitrogens is 4. The van der Waals surface area contributed by atoms with E-state index in [9.17, 15) is 9.59 Å². The number of amides is 1. The van der Waals surface area contributed by atoms with Crippen molar-refractivity contribution in [2.24, 2.45) is 5.73 Å². The molecule has 0 fully saturated rings. The van der Waals surface area contributed by atoms with Crippen LogP contribution in [-0.4, -0.2) is 31.3 Å². The fourth-order valence-electron chi connectivity index (χ4n) is 3.86. The highest BCUT2D eigenvalue weighted by atomic mass is 16.1. The van der Waals surface area contributed by atoms with Gasteiger partial charge in [-0.05, 0) is 53.2 Å². The van der Waals surface area contributed by atoms with Crippen LogP contribution in [0.25, 0.3) is 11.3 Å². The van der Waals surface area contributed by atoms with E-state index in [0.717, 1.165) is 22.5 Å². The number of hydrogen-bond acceptors (Lipinski definition) is 5. The molecule has 4 N–H and O–H groups in total. The van der Waals surface area contributed by atoms with E-state index in [2.05, 4.69) is 31.0 Å². The Balaban J connectivity index is 1.77. The maximum Gasteiger partial charge on any atom is 0.254 e. The first-order valence-corrected chi connectivity index (χ1v) is 10.7. The van der Waals surface area contributed by atoms with Gasteiger partial charge in [0.05, 0.1) is 17.7 Å². The molecule has 0 saturated carbocycles. The monoisotopic (exact) mass is 436 g/mol. The summed E-state index contributed by atoms with van der Waals surface area (Å²) in [6.45, 7) is 12.1. The van der Waals surface area contributed by atoms with Gasteiger partial charge in [-0.15, -0.1) is 0 Å². The lowest BCUT2D eigenvalue weighted by Gasteiger charge is -2.21. The molecular weight excluding hydrogens is 404 g/mol. The predicted octanol–water partition coefficient (Wildman–Crippen LogP) is 3.43. The summed E-state index contributed by atoms with van der Waals surface area (Å²) < 4.78 is 3.54. The van der Waals surface area contributed by atoms with E-state index in [4.69, 9.17) is 11.5 Å². The Kier molecular flexibility index (Phi) is 6.25. The Hall–Kier alpha value is -3.42. The Labute approximate surface area is 188 Å². The number of carbonyl (C=O) groups excluding carboxylic acids is 2. The molecule has 3 aromatic rings. The van der Waals surface area contributed by atoms with Gasteiger partial charge in [0, 0.05) is 23.7 Å². The van der Waals surface area contributed by atoms with Crippen molar-refractivity contribution >= 4 is 17.5 Å². The molecule has 0 unspecified atom stereocenters. The van der Waals surface area contributed by atoms with Gasteiger partial charge in [-0.25, -0.2) is 4.68 Å². The summed E-state index contributed by atoms with van der Waals surface area (Å²) in [5.41, 5.74) is 15.6. The van der Waals surface area contributed by atoms with Crippen LogP contribution in [0.4, 0.5) is 5.82 Å². The molecular formula is C24H32N6O2. The van der Waals surface area contributed by atoms with Crippen molar-refractivity contribution in [1.29, 1.82) is 0 Å². The topological polar surface area (TPSA) is 122 Å². The molecule has 0 bridgehead atoms. The third-order valence-electron chi connectivity index (χ3n) is 5.26. The first kappa shape index (κ1) is 23.2. The maximum atomic E-state index is 12.6. The van der Waals surface area contributed by atoms with Crippen LogP contribution in [0.15, 0.2) is 30.3 Å². The molecule has 8 heteroatoms. The number of nitrogen functional groups attached to an aromatic ring is 1. The smallest absolute Gasteiger partial charge is 0.254 e. The quantitative estimate of drug-likeness (QED) is 0.588. The van der Waals surface area contributed by atoms with Gasteiger partial charge in [0.2, 0.25) is 0 Å². The molecule has 0 aliphatic heterocycles. The third kappa shape index (κ3) is 4.74. The minimum atomic E-state index is -0.617. The molecule has 32 heavy (non-hydrogen) atoms. The van der Waals surface area contributed by atoms with Gasteiger partial charge in [-0.2, -0.15) is 10.2 Å². The lowest BCUT2D eigenvalue weighted by atomic mass is 10.0. The van der Waals surface area contributed by atoms with E-state index < -0.39 is 5.91 Å². The zero-order valence-corrected chi connectivity index (χ0v) is 19.6. The SMILES string of the molecule is Cc1cc(CC(=O)Cc2ccc(-c3nn(C(C)C)c(N)c3C(N)=O)cc2)nn1C(C)(C)C. The average molecular weight is 437 g/mol. The van der Waals surface area contributed by atoms with Gasteiger partial charge in [0.1, 0.15) is 22.9 Å². The summed E-state index contributed by atoms with van der Waals surface area (Å²) in [7, 11) is 0. The molecule has 0 aliphatic carbocycles. The Bertz CT molecular complexity index is 1150. The Morgan fingerprint density at radius 1 is 1.06 bits per heavy atom. The number of anilines is 1. The van der Waals surface area contributed by atoms with Crippen LogP contribution < -0.4 is 11.5 Å². The number of Topliss-reactive ketones (excluding diaryl/α,β-unsaturated/α-hetero) is 1. The molecule has 8 nitrogen and oxygen atoms in total. The van der Waals surface area contributed by atoms with Crippen LogP contribution in [0.3, 0.4) is 0 Å². The number of aryl methyl sites for hydroxylation is 1. The highest BCUT2D eigenvalue weighted by Crippen LogP contribution is 2.29. The summed E-state index contributed by atoms with van der Waals surface area (Å²) in [6.07, 6.45) is 0.583. The first-order chi connectivity index (χ1) is 14.9. The van der Waals surface area contributed by atoms with E-state index >= 15 is 0 Å². The minimum Gasteiger partial charge on any atom is -0.383 e. The summed E-state index contributed by atoms with van der Waals surface area (Å²) >= 11 is 0. The second-order valence-corrected chi connectivity index (χ2v) is 9.46. The molecule has 0 atom stereocenters. The van der Waals surface area contributed by atoms with Gasteiger partial charge >= 0.3 is 0 Å². The van der Waals surface area contributed by atoms with E-state index in [-0.39, 0.29) is 35.2 Å². The van der Waals surface area contributed by atoms with Gasteiger partial charge in [0.15, 0.2) is 0 Å². The normalized spacial score (nSPS) is 11.8. The number of primary amides is 1. The number of benzene rings is 1. The zero-order chi connectivity index (χ0) is 23.8. The lowest BCUT2D eigenvalue weighted by molar-refractivity contribution is -0.117. The molecule has 0 spiro atoms. The largest absolute Gasteiger partial charge is 0.383 e. The fraction of sp³-hybridized carbons (Fsp3) is 0.417. The van der Waals surface area contributed by atoms with Crippen molar-refractivity contribution in [2.75, 3.05) is 5.73 Å². The Morgan fingerprint density at radius 3 is 2.19 bits per heavy atom. The fourth-order valence-corrected chi connectivity index (χ4v) is 3.86. The average Bonchev–Trinajstić information content (AvgIpc) is 3.22. The number of nitrogens with two attached hydrogens (primary N) is 2. The number of ketones is 1. The van der Waals surface area contributed by atoms with Crippen molar-refractivity contribution in [2.45, 2.75) is 66.0 Å². The summed E-state index contributed by atoms with van der Waals surface area (Å²) in [6, 6.07) is 9.35. The highest BCUT2D eigenvalue weighted by molar-refractivity contribution is 6.03. The maximum absolute atomic E-state index is 12.6. The number of carbonyl (C=O) groups is 2. The molecule has 0 aliphatic rings. The van der Waals surface area contributed by atoms with Crippen molar-refractivity contribution < 1.29 is 9.59 Å². The van der Waals surface area contributed by atoms with E-state index in [0.29, 0.717) is 12.1 Å². The van der Waals surface area contributed by atoms with Gasteiger partial charge in [0.25, 0.3) is 5.91 Å². The molecule has 0 radical (unpaired) electrons. The molecule has 2 heterocycles. The summed E-state index contributed by atoms with van der Waals surface area (Å²) in [5, 5.41) is 9.09. The molecule has 1 amide bonds. The van der Waals surface area contributed by atoms with Crippen LogP contribution in [-0.2, 0) is 23.2 Å². The number of hydrogen-bond donors (Lipinski definition) is 2. The molecule has 3 rings (SSSR count). The minimum absolute atomic E-state index is 0.0101. The summed E-state index contributed by atoms with van der Waals surface area (Å²) in [4.78, 5) is 24.6. The van der Waals surface area contributed by atoms with Crippen LogP contribution >= 0.6 is 0 Å². The van der Waals surface area contributed by atoms with E-state index in [1.807, 2.05) is 55.8 Å². The van der Waals surface area contributed by atoms with Gasteiger partial charge in [-0.3, -0.25) is 14.3 Å². The van der Waals surface area contributed by atoms with Crippen molar-refractivity contribution in [3.05, 3.63) is 52.8 Å². The molecule has 1 aromatic carbocycles. The van der Waals surface area contributed by atoms with Gasteiger partial charge < -0.3 is 11.5 Å².